The highest BCUT2D eigenvalue weighted by molar-refractivity contribution is 4.98. The zero-order valence-corrected chi connectivity index (χ0v) is 12.0. The maximum atomic E-state index is 4.26. The molecule has 2 rings (SSSR count). The van der Waals surface area contributed by atoms with E-state index in [1.807, 2.05) is 12.5 Å². The summed E-state index contributed by atoms with van der Waals surface area (Å²) in [5.41, 5.74) is 1.32. The van der Waals surface area contributed by atoms with E-state index in [2.05, 4.69) is 35.6 Å². The summed E-state index contributed by atoms with van der Waals surface area (Å²) in [6, 6.07) is 0.689. The predicted molar refractivity (Wildman–Crippen MR) is 75.3 cm³/mol. The summed E-state index contributed by atoms with van der Waals surface area (Å²) in [7, 11) is 0. The first kappa shape index (κ1) is 13.6. The Hall–Kier alpha value is -0.830. The van der Waals surface area contributed by atoms with Crippen LogP contribution in [0.3, 0.4) is 0 Å². The van der Waals surface area contributed by atoms with E-state index in [9.17, 15) is 0 Å². The van der Waals surface area contributed by atoms with Crippen LogP contribution in [0.25, 0.3) is 0 Å². The highest BCUT2D eigenvalue weighted by atomic mass is 15.1. The fraction of sp³-hybridized carbons (Fsp3) is 0.800. The second-order valence-electron chi connectivity index (χ2n) is 6.07. The van der Waals surface area contributed by atoms with Gasteiger partial charge in [0.25, 0.3) is 0 Å². The zero-order chi connectivity index (χ0) is 13.0. The molecule has 0 amide bonds. The van der Waals surface area contributed by atoms with Crippen molar-refractivity contribution in [3.05, 3.63) is 18.2 Å². The van der Waals surface area contributed by atoms with Crippen molar-refractivity contribution in [1.82, 2.24) is 14.9 Å². The Kier molecular flexibility index (Phi) is 4.81. The Labute approximate surface area is 111 Å². The van der Waals surface area contributed by atoms with Crippen LogP contribution in [0, 0.1) is 11.8 Å². The molecule has 0 radical (unpaired) electrons. The number of aromatic nitrogens is 2. The maximum absolute atomic E-state index is 4.26. The van der Waals surface area contributed by atoms with Crippen LogP contribution in [0.5, 0.6) is 0 Å². The van der Waals surface area contributed by atoms with Crippen molar-refractivity contribution in [3.63, 3.8) is 0 Å². The molecular formula is C15H27N3. The van der Waals surface area contributed by atoms with Crippen molar-refractivity contribution < 1.29 is 0 Å². The molecule has 2 atom stereocenters. The molecule has 1 N–H and O–H groups in total. The van der Waals surface area contributed by atoms with E-state index in [1.165, 1.54) is 31.4 Å². The van der Waals surface area contributed by atoms with Gasteiger partial charge < -0.3 is 9.88 Å². The first-order valence-electron chi connectivity index (χ1n) is 7.41. The Balaban J connectivity index is 1.85. The molecule has 0 saturated heterocycles. The highest BCUT2D eigenvalue weighted by Gasteiger charge is 2.23. The van der Waals surface area contributed by atoms with Gasteiger partial charge in [-0.25, -0.2) is 4.98 Å². The molecule has 0 spiro atoms. The molecule has 1 aromatic heterocycles. The summed E-state index contributed by atoms with van der Waals surface area (Å²) in [5.74, 6) is 1.73. The van der Waals surface area contributed by atoms with Crippen LogP contribution >= 0.6 is 0 Å². The van der Waals surface area contributed by atoms with Gasteiger partial charge in [-0.15, -0.1) is 0 Å². The van der Waals surface area contributed by atoms with E-state index in [1.54, 1.807) is 0 Å². The molecule has 1 aromatic rings. The van der Waals surface area contributed by atoms with Gasteiger partial charge in [-0.05, 0) is 37.5 Å². The third kappa shape index (κ3) is 3.58. The standard InChI is InChI=1S/C15H27N3/c1-4-5-18-11-16-9-15(18)10-17-14-7-12(2)6-13(3)8-14/h9,11-14,17H,4-8,10H2,1-3H3. The average molecular weight is 249 g/mol. The normalized spacial score (nSPS) is 28.5. The maximum Gasteiger partial charge on any atom is 0.0948 e. The van der Waals surface area contributed by atoms with Gasteiger partial charge in [0.15, 0.2) is 0 Å². The minimum atomic E-state index is 0.689. The molecule has 2 unspecified atom stereocenters. The molecule has 1 fully saturated rings. The van der Waals surface area contributed by atoms with Crippen molar-refractivity contribution in [2.24, 2.45) is 11.8 Å². The number of hydrogen-bond acceptors (Lipinski definition) is 2. The monoisotopic (exact) mass is 249 g/mol. The van der Waals surface area contributed by atoms with Crippen LogP contribution in [0.15, 0.2) is 12.5 Å². The quantitative estimate of drug-likeness (QED) is 0.868. The summed E-state index contributed by atoms with van der Waals surface area (Å²) >= 11 is 0. The van der Waals surface area contributed by atoms with Gasteiger partial charge in [0.05, 0.1) is 12.0 Å². The number of nitrogens with zero attached hydrogens (tertiary/aromatic N) is 2. The number of nitrogens with one attached hydrogen (secondary N) is 1. The van der Waals surface area contributed by atoms with Gasteiger partial charge in [-0.2, -0.15) is 0 Å². The topological polar surface area (TPSA) is 29.9 Å². The van der Waals surface area contributed by atoms with E-state index in [0.29, 0.717) is 6.04 Å². The minimum Gasteiger partial charge on any atom is -0.333 e. The molecule has 0 bridgehead atoms. The first-order chi connectivity index (χ1) is 8.69. The fourth-order valence-corrected chi connectivity index (χ4v) is 3.30. The van der Waals surface area contributed by atoms with Gasteiger partial charge in [0, 0.05) is 25.3 Å². The minimum absolute atomic E-state index is 0.689. The van der Waals surface area contributed by atoms with Gasteiger partial charge >= 0.3 is 0 Å². The number of rotatable bonds is 5. The van der Waals surface area contributed by atoms with Crippen LogP contribution in [0.4, 0.5) is 0 Å². The second-order valence-corrected chi connectivity index (χ2v) is 6.07. The van der Waals surface area contributed by atoms with Crippen LogP contribution < -0.4 is 5.32 Å². The molecular weight excluding hydrogens is 222 g/mol. The summed E-state index contributed by atoms with van der Waals surface area (Å²) in [6.07, 6.45) is 9.16. The van der Waals surface area contributed by atoms with E-state index in [4.69, 9.17) is 0 Å². The third-order valence-electron chi connectivity index (χ3n) is 4.01. The first-order valence-corrected chi connectivity index (χ1v) is 7.41. The van der Waals surface area contributed by atoms with E-state index in [-0.39, 0.29) is 0 Å². The van der Waals surface area contributed by atoms with Crippen molar-refractivity contribution in [1.29, 1.82) is 0 Å². The van der Waals surface area contributed by atoms with Crippen molar-refractivity contribution in [3.8, 4) is 0 Å². The molecule has 0 aliphatic heterocycles. The Morgan fingerprint density at radius 2 is 2.00 bits per heavy atom. The zero-order valence-electron chi connectivity index (χ0n) is 12.0. The molecule has 3 nitrogen and oxygen atoms in total. The molecule has 102 valence electrons. The van der Waals surface area contributed by atoms with Gasteiger partial charge in [0.1, 0.15) is 0 Å². The lowest BCUT2D eigenvalue weighted by molar-refractivity contribution is 0.237. The smallest absolute Gasteiger partial charge is 0.0948 e. The molecule has 1 saturated carbocycles. The molecule has 18 heavy (non-hydrogen) atoms. The number of hydrogen-bond donors (Lipinski definition) is 1. The summed E-state index contributed by atoms with van der Waals surface area (Å²) in [6.45, 7) is 9.01. The van der Waals surface area contributed by atoms with Crippen molar-refractivity contribution in [2.45, 2.75) is 65.6 Å². The molecule has 3 heteroatoms. The Morgan fingerprint density at radius 3 is 2.67 bits per heavy atom. The SMILES string of the molecule is CCCn1cncc1CNC1CC(C)CC(C)C1. The average Bonchev–Trinajstić information content (AvgIpc) is 2.73. The number of aryl methyl sites for hydroxylation is 1. The molecule has 0 aromatic carbocycles. The lowest BCUT2D eigenvalue weighted by Gasteiger charge is -2.32. The Morgan fingerprint density at radius 1 is 1.28 bits per heavy atom. The molecule has 1 heterocycles. The van der Waals surface area contributed by atoms with E-state index < -0.39 is 0 Å². The largest absolute Gasteiger partial charge is 0.333 e. The van der Waals surface area contributed by atoms with Crippen LogP contribution in [0.2, 0.25) is 0 Å². The lowest BCUT2D eigenvalue weighted by atomic mass is 9.80. The number of imidazole rings is 1. The highest BCUT2D eigenvalue weighted by Crippen LogP contribution is 2.28. The fourth-order valence-electron chi connectivity index (χ4n) is 3.30. The van der Waals surface area contributed by atoms with Crippen LogP contribution in [0.1, 0.15) is 52.1 Å². The van der Waals surface area contributed by atoms with Crippen LogP contribution in [-0.4, -0.2) is 15.6 Å². The van der Waals surface area contributed by atoms with Gasteiger partial charge in [0.2, 0.25) is 0 Å². The molecule has 1 aliphatic rings. The second kappa shape index (κ2) is 6.37. The van der Waals surface area contributed by atoms with E-state index in [0.717, 1.165) is 24.9 Å². The Bertz CT molecular complexity index is 348. The van der Waals surface area contributed by atoms with Crippen molar-refractivity contribution in [2.75, 3.05) is 0 Å². The summed E-state index contributed by atoms with van der Waals surface area (Å²) in [5, 5.41) is 3.72. The van der Waals surface area contributed by atoms with Gasteiger partial charge in [-0.1, -0.05) is 20.8 Å². The molecule has 1 aliphatic carbocycles. The predicted octanol–water partition coefficient (Wildman–Crippen LogP) is 3.21. The summed E-state index contributed by atoms with van der Waals surface area (Å²) < 4.78 is 2.27. The van der Waals surface area contributed by atoms with Crippen molar-refractivity contribution >= 4 is 0 Å². The van der Waals surface area contributed by atoms with E-state index >= 15 is 0 Å². The third-order valence-corrected chi connectivity index (χ3v) is 4.01. The summed E-state index contributed by atoms with van der Waals surface area (Å²) in [4.78, 5) is 4.26. The van der Waals surface area contributed by atoms with Crippen LogP contribution in [-0.2, 0) is 13.1 Å². The van der Waals surface area contributed by atoms with Gasteiger partial charge in [-0.3, -0.25) is 0 Å². The lowest BCUT2D eigenvalue weighted by Crippen LogP contribution is -2.36.